The zero-order valence-electron chi connectivity index (χ0n) is 7.63. The molecule has 0 amide bonds. The Hall–Kier alpha value is -1.18. The molecule has 2 N–H and O–H groups in total. The Balaban J connectivity index is 3.28. The van der Waals surface area contributed by atoms with E-state index in [1.165, 1.54) is 6.07 Å². The van der Waals surface area contributed by atoms with Gasteiger partial charge in [0.2, 0.25) is 0 Å². The van der Waals surface area contributed by atoms with Crippen molar-refractivity contribution >= 4 is 0 Å². The van der Waals surface area contributed by atoms with Gasteiger partial charge in [-0.2, -0.15) is 0 Å². The monoisotopic (exact) mass is 166 g/mol. The zero-order valence-corrected chi connectivity index (χ0v) is 7.63. The molecular formula is C10H14O2. The Morgan fingerprint density at radius 3 is 2.25 bits per heavy atom. The molecule has 0 aromatic heterocycles. The summed E-state index contributed by atoms with van der Waals surface area (Å²) in [5.74, 6) is 0.614. The largest absolute Gasteiger partial charge is 0.508 e. The van der Waals surface area contributed by atoms with Crippen LogP contribution in [0.1, 0.15) is 30.9 Å². The highest BCUT2D eigenvalue weighted by Crippen LogP contribution is 2.30. The van der Waals surface area contributed by atoms with E-state index in [1.54, 1.807) is 6.07 Å². The molecule has 0 radical (unpaired) electrons. The highest BCUT2D eigenvalue weighted by molar-refractivity contribution is 5.45. The molecule has 1 rings (SSSR count). The van der Waals surface area contributed by atoms with E-state index >= 15 is 0 Å². The summed E-state index contributed by atoms with van der Waals surface area (Å²) < 4.78 is 0. The molecule has 0 saturated heterocycles. The third kappa shape index (κ3) is 1.52. The lowest BCUT2D eigenvalue weighted by atomic mass is 9.97. The second kappa shape index (κ2) is 3.05. The number of phenolic OH excluding ortho intramolecular Hbond substituents is 2. The Labute approximate surface area is 72.5 Å². The van der Waals surface area contributed by atoms with Crippen LogP contribution in [0.2, 0.25) is 0 Å². The Morgan fingerprint density at radius 2 is 1.75 bits per heavy atom. The lowest BCUT2D eigenvalue weighted by molar-refractivity contribution is 0.445. The van der Waals surface area contributed by atoms with Crippen molar-refractivity contribution in [3.8, 4) is 11.5 Å². The Kier molecular flexibility index (Phi) is 2.27. The first kappa shape index (κ1) is 8.91. The van der Waals surface area contributed by atoms with Crippen LogP contribution in [-0.4, -0.2) is 10.2 Å². The highest BCUT2D eigenvalue weighted by Gasteiger charge is 2.08. The number of hydrogen-bond donors (Lipinski definition) is 2. The smallest absolute Gasteiger partial charge is 0.122 e. The second-order valence-corrected chi connectivity index (χ2v) is 3.33. The van der Waals surface area contributed by atoms with E-state index in [9.17, 15) is 10.2 Å². The quantitative estimate of drug-likeness (QED) is 0.673. The minimum atomic E-state index is 0.127. The van der Waals surface area contributed by atoms with Crippen LogP contribution in [-0.2, 0) is 0 Å². The molecule has 0 fully saturated rings. The number of hydrogen-bond acceptors (Lipinski definition) is 2. The normalized spacial score (nSPS) is 10.7. The fourth-order valence-electron chi connectivity index (χ4n) is 1.31. The number of aromatic hydroxyl groups is 2. The Bertz CT molecular complexity index is 290. The van der Waals surface area contributed by atoms with E-state index in [0.29, 0.717) is 5.92 Å². The molecule has 66 valence electrons. The van der Waals surface area contributed by atoms with Crippen LogP contribution in [0, 0.1) is 6.92 Å². The molecule has 0 aliphatic heterocycles. The maximum Gasteiger partial charge on any atom is 0.122 e. The van der Waals surface area contributed by atoms with Crippen molar-refractivity contribution in [2.45, 2.75) is 26.7 Å². The van der Waals surface area contributed by atoms with Gasteiger partial charge in [0.15, 0.2) is 0 Å². The molecule has 0 aliphatic carbocycles. The van der Waals surface area contributed by atoms with E-state index < -0.39 is 0 Å². The minimum absolute atomic E-state index is 0.127. The van der Waals surface area contributed by atoms with E-state index in [-0.39, 0.29) is 11.5 Å². The SMILES string of the molecule is Cc1c(O)cc(O)cc1C(C)C. The lowest BCUT2D eigenvalue weighted by Crippen LogP contribution is -1.91. The van der Waals surface area contributed by atoms with Crippen LogP contribution in [0.5, 0.6) is 11.5 Å². The molecule has 1 aromatic carbocycles. The highest BCUT2D eigenvalue weighted by atomic mass is 16.3. The Morgan fingerprint density at radius 1 is 1.17 bits per heavy atom. The van der Waals surface area contributed by atoms with E-state index in [2.05, 4.69) is 0 Å². The van der Waals surface area contributed by atoms with Gasteiger partial charge in [0.25, 0.3) is 0 Å². The first-order valence-corrected chi connectivity index (χ1v) is 4.05. The third-order valence-electron chi connectivity index (χ3n) is 2.03. The third-order valence-corrected chi connectivity index (χ3v) is 2.03. The first-order valence-electron chi connectivity index (χ1n) is 4.05. The average Bonchev–Trinajstić information content (AvgIpc) is 1.96. The van der Waals surface area contributed by atoms with E-state index in [4.69, 9.17) is 0 Å². The molecule has 0 spiro atoms. The van der Waals surface area contributed by atoms with Crippen molar-refractivity contribution in [2.75, 3.05) is 0 Å². The first-order chi connectivity index (χ1) is 5.52. The second-order valence-electron chi connectivity index (χ2n) is 3.33. The average molecular weight is 166 g/mol. The summed E-state index contributed by atoms with van der Waals surface area (Å²) in [5, 5.41) is 18.6. The molecule has 2 nitrogen and oxygen atoms in total. The topological polar surface area (TPSA) is 40.5 Å². The molecule has 12 heavy (non-hydrogen) atoms. The predicted octanol–water partition coefficient (Wildman–Crippen LogP) is 2.53. The van der Waals surface area contributed by atoms with Crippen molar-refractivity contribution in [3.63, 3.8) is 0 Å². The maximum atomic E-state index is 9.37. The van der Waals surface area contributed by atoms with Gasteiger partial charge in [-0.25, -0.2) is 0 Å². The summed E-state index contributed by atoms with van der Waals surface area (Å²) in [6, 6.07) is 3.06. The van der Waals surface area contributed by atoms with Crippen molar-refractivity contribution in [1.29, 1.82) is 0 Å². The van der Waals surface area contributed by atoms with Gasteiger partial charge in [0.1, 0.15) is 11.5 Å². The molecule has 1 aromatic rings. The van der Waals surface area contributed by atoms with Crippen LogP contribution in [0.15, 0.2) is 12.1 Å². The van der Waals surface area contributed by atoms with Gasteiger partial charge in [0, 0.05) is 6.07 Å². The van der Waals surface area contributed by atoms with Crippen LogP contribution < -0.4 is 0 Å². The molecule has 0 saturated carbocycles. The van der Waals surface area contributed by atoms with Gasteiger partial charge in [-0.3, -0.25) is 0 Å². The number of rotatable bonds is 1. The van der Waals surface area contributed by atoms with E-state index in [0.717, 1.165) is 11.1 Å². The van der Waals surface area contributed by atoms with Crippen molar-refractivity contribution in [3.05, 3.63) is 23.3 Å². The lowest BCUT2D eigenvalue weighted by Gasteiger charge is -2.11. The van der Waals surface area contributed by atoms with Gasteiger partial charge < -0.3 is 10.2 Å². The zero-order chi connectivity index (χ0) is 9.30. The van der Waals surface area contributed by atoms with Crippen molar-refractivity contribution < 1.29 is 10.2 Å². The number of benzene rings is 1. The standard InChI is InChI=1S/C10H14O2/c1-6(2)9-4-8(11)5-10(12)7(9)3/h4-6,11-12H,1-3H3. The summed E-state index contributed by atoms with van der Waals surface area (Å²) in [6.45, 7) is 5.91. The van der Waals surface area contributed by atoms with Gasteiger partial charge in [-0.1, -0.05) is 13.8 Å². The summed E-state index contributed by atoms with van der Waals surface area (Å²) >= 11 is 0. The van der Waals surface area contributed by atoms with Crippen molar-refractivity contribution in [1.82, 2.24) is 0 Å². The van der Waals surface area contributed by atoms with Crippen LogP contribution in [0.25, 0.3) is 0 Å². The van der Waals surface area contributed by atoms with Crippen LogP contribution in [0.4, 0.5) is 0 Å². The molecule has 0 aliphatic rings. The molecule has 2 heteroatoms. The molecule has 0 unspecified atom stereocenters. The molecule has 0 atom stereocenters. The predicted molar refractivity (Wildman–Crippen MR) is 48.6 cm³/mol. The van der Waals surface area contributed by atoms with Crippen LogP contribution in [0.3, 0.4) is 0 Å². The summed E-state index contributed by atoms with van der Waals surface area (Å²) in [5.41, 5.74) is 1.84. The minimum Gasteiger partial charge on any atom is -0.508 e. The summed E-state index contributed by atoms with van der Waals surface area (Å²) in [7, 11) is 0. The van der Waals surface area contributed by atoms with Crippen molar-refractivity contribution in [2.24, 2.45) is 0 Å². The maximum absolute atomic E-state index is 9.37. The molecular weight excluding hydrogens is 152 g/mol. The van der Waals surface area contributed by atoms with E-state index in [1.807, 2.05) is 20.8 Å². The molecule has 0 bridgehead atoms. The fourth-order valence-corrected chi connectivity index (χ4v) is 1.31. The number of phenols is 2. The summed E-state index contributed by atoms with van der Waals surface area (Å²) in [6.07, 6.45) is 0. The summed E-state index contributed by atoms with van der Waals surface area (Å²) in [4.78, 5) is 0. The van der Waals surface area contributed by atoms with Gasteiger partial charge in [-0.05, 0) is 30.0 Å². The van der Waals surface area contributed by atoms with Crippen LogP contribution >= 0.6 is 0 Å². The molecule has 0 heterocycles. The van der Waals surface area contributed by atoms with Gasteiger partial charge >= 0.3 is 0 Å². The fraction of sp³-hybridized carbons (Fsp3) is 0.400. The van der Waals surface area contributed by atoms with Gasteiger partial charge in [0.05, 0.1) is 0 Å². The van der Waals surface area contributed by atoms with Gasteiger partial charge in [-0.15, -0.1) is 0 Å².